The van der Waals surface area contributed by atoms with Gasteiger partial charge >= 0.3 is 0 Å². The van der Waals surface area contributed by atoms with Crippen LogP contribution in [0.5, 0.6) is 0 Å². The normalized spacial score (nSPS) is 26.8. The van der Waals surface area contributed by atoms with Crippen LogP contribution >= 0.6 is 0 Å². The van der Waals surface area contributed by atoms with Gasteiger partial charge in [-0.25, -0.2) is 0 Å². The lowest BCUT2D eigenvalue weighted by atomic mass is 9.84. The third kappa shape index (κ3) is 5.03. The molecule has 1 aliphatic heterocycles. The highest BCUT2D eigenvalue weighted by molar-refractivity contribution is 4.88. The molecular formula is C15H32N2O2. The van der Waals surface area contributed by atoms with Crippen molar-refractivity contribution in [3.8, 4) is 0 Å². The largest absolute Gasteiger partial charge is 0.377 e. The molecule has 4 heteroatoms. The quantitative estimate of drug-likeness (QED) is 0.765. The van der Waals surface area contributed by atoms with E-state index in [0.717, 1.165) is 26.2 Å². The molecule has 0 saturated carbocycles. The number of methoxy groups -OCH3 is 2. The average molecular weight is 272 g/mol. The number of ether oxygens (including phenoxy) is 2. The summed E-state index contributed by atoms with van der Waals surface area (Å²) in [6.07, 6.45) is 1.61. The molecule has 0 aromatic heterocycles. The van der Waals surface area contributed by atoms with Crippen molar-refractivity contribution in [1.82, 2.24) is 10.2 Å². The molecule has 0 bridgehead atoms. The Bertz CT molecular complexity index is 241. The Morgan fingerprint density at radius 3 is 2.05 bits per heavy atom. The lowest BCUT2D eigenvalue weighted by molar-refractivity contribution is -0.00461. The van der Waals surface area contributed by atoms with Crippen LogP contribution in [0.15, 0.2) is 0 Å². The van der Waals surface area contributed by atoms with Crippen molar-refractivity contribution >= 4 is 0 Å². The van der Waals surface area contributed by atoms with E-state index in [-0.39, 0.29) is 12.2 Å². The third-order valence-corrected chi connectivity index (χ3v) is 4.13. The van der Waals surface area contributed by atoms with Crippen molar-refractivity contribution in [2.24, 2.45) is 5.41 Å². The molecule has 1 heterocycles. The van der Waals surface area contributed by atoms with Crippen LogP contribution in [0.1, 0.15) is 34.1 Å². The summed E-state index contributed by atoms with van der Waals surface area (Å²) in [5.41, 5.74) is 0.303. The van der Waals surface area contributed by atoms with Crippen LogP contribution in [0.2, 0.25) is 0 Å². The van der Waals surface area contributed by atoms with Gasteiger partial charge in [-0.05, 0) is 24.9 Å². The zero-order valence-corrected chi connectivity index (χ0v) is 13.5. The fourth-order valence-corrected chi connectivity index (χ4v) is 2.85. The fraction of sp³-hybridized carbons (Fsp3) is 1.00. The molecule has 0 radical (unpaired) electrons. The van der Waals surface area contributed by atoms with E-state index in [1.54, 1.807) is 14.2 Å². The number of nitrogens with one attached hydrogen (secondary N) is 1. The molecule has 3 atom stereocenters. The predicted molar refractivity (Wildman–Crippen MR) is 79.6 cm³/mol. The van der Waals surface area contributed by atoms with Crippen molar-refractivity contribution in [3.63, 3.8) is 0 Å². The first-order valence-corrected chi connectivity index (χ1v) is 7.43. The minimum Gasteiger partial charge on any atom is -0.377 e. The number of rotatable bonds is 7. The summed E-state index contributed by atoms with van der Waals surface area (Å²) >= 11 is 0. The summed E-state index contributed by atoms with van der Waals surface area (Å²) in [4.78, 5) is 2.46. The molecule has 1 rings (SSSR count). The molecule has 1 fully saturated rings. The van der Waals surface area contributed by atoms with Gasteiger partial charge in [0.1, 0.15) is 0 Å². The van der Waals surface area contributed by atoms with Crippen LogP contribution in [-0.4, -0.2) is 63.5 Å². The van der Waals surface area contributed by atoms with Gasteiger partial charge in [0.05, 0.1) is 12.2 Å². The summed E-state index contributed by atoms with van der Waals surface area (Å²) in [6, 6.07) is 0.556. The number of hydrogen-bond acceptors (Lipinski definition) is 4. The van der Waals surface area contributed by atoms with Gasteiger partial charge < -0.3 is 14.8 Å². The van der Waals surface area contributed by atoms with Crippen LogP contribution in [0.25, 0.3) is 0 Å². The van der Waals surface area contributed by atoms with E-state index >= 15 is 0 Å². The Balaban J connectivity index is 2.43. The molecule has 4 nitrogen and oxygen atoms in total. The lowest BCUT2D eigenvalue weighted by Gasteiger charge is -2.32. The standard InChI is InChI=1S/C15H32N2O2/c1-7-16-14(15(2,3)4)8-9-17-10-12(18-5)13(11-17)19-6/h12-14,16H,7-11H2,1-6H3. The van der Waals surface area contributed by atoms with Crippen molar-refractivity contribution in [3.05, 3.63) is 0 Å². The van der Waals surface area contributed by atoms with E-state index in [1.165, 1.54) is 6.42 Å². The first kappa shape index (κ1) is 16.9. The van der Waals surface area contributed by atoms with Gasteiger partial charge in [-0.1, -0.05) is 27.7 Å². The zero-order chi connectivity index (χ0) is 14.5. The summed E-state index contributed by atoms with van der Waals surface area (Å²) in [5, 5.41) is 3.61. The Morgan fingerprint density at radius 1 is 1.16 bits per heavy atom. The molecule has 1 aliphatic rings. The fourth-order valence-electron chi connectivity index (χ4n) is 2.85. The van der Waals surface area contributed by atoms with E-state index in [4.69, 9.17) is 9.47 Å². The maximum Gasteiger partial charge on any atom is 0.0971 e. The van der Waals surface area contributed by atoms with Crippen LogP contribution in [0, 0.1) is 5.41 Å². The minimum atomic E-state index is 0.220. The first-order chi connectivity index (χ1) is 8.92. The van der Waals surface area contributed by atoms with Crippen molar-refractivity contribution in [1.29, 1.82) is 0 Å². The van der Waals surface area contributed by atoms with E-state index < -0.39 is 0 Å². The van der Waals surface area contributed by atoms with Crippen LogP contribution in [0.4, 0.5) is 0 Å². The van der Waals surface area contributed by atoms with Gasteiger partial charge in [-0.3, -0.25) is 4.90 Å². The molecule has 19 heavy (non-hydrogen) atoms. The maximum atomic E-state index is 5.48. The first-order valence-electron chi connectivity index (χ1n) is 7.43. The van der Waals surface area contributed by atoms with E-state index in [0.29, 0.717) is 11.5 Å². The molecule has 1 N–H and O–H groups in total. The van der Waals surface area contributed by atoms with E-state index in [9.17, 15) is 0 Å². The van der Waals surface area contributed by atoms with Gasteiger partial charge in [-0.15, -0.1) is 0 Å². The van der Waals surface area contributed by atoms with Crippen molar-refractivity contribution in [2.45, 2.75) is 52.4 Å². The topological polar surface area (TPSA) is 33.7 Å². The third-order valence-electron chi connectivity index (χ3n) is 4.13. The van der Waals surface area contributed by atoms with Gasteiger partial charge in [0.15, 0.2) is 0 Å². The van der Waals surface area contributed by atoms with E-state index in [2.05, 4.69) is 37.9 Å². The van der Waals surface area contributed by atoms with Crippen LogP contribution < -0.4 is 5.32 Å². The second-order valence-corrected chi connectivity index (χ2v) is 6.57. The molecule has 0 aromatic rings. The predicted octanol–water partition coefficient (Wildman–Crippen LogP) is 1.75. The highest BCUT2D eigenvalue weighted by Gasteiger charge is 2.33. The maximum absolute atomic E-state index is 5.48. The minimum absolute atomic E-state index is 0.220. The van der Waals surface area contributed by atoms with Gasteiger partial charge in [0.2, 0.25) is 0 Å². The molecular weight excluding hydrogens is 240 g/mol. The zero-order valence-electron chi connectivity index (χ0n) is 13.5. The Morgan fingerprint density at radius 2 is 1.68 bits per heavy atom. The van der Waals surface area contributed by atoms with Crippen molar-refractivity contribution < 1.29 is 9.47 Å². The van der Waals surface area contributed by atoms with Crippen LogP contribution in [-0.2, 0) is 9.47 Å². The molecule has 0 spiro atoms. The number of likely N-dealkylation sites (tertiary alicyclic amines) is 1. The summed E-state index contributed by atoms with van der Waals surface area (Å²) in [6.45, 7) is 13.2. The van der Waals surface area contributed by atoms with Gasteiger partial charge in [0.25, 0.3) is 0 Å². The summed E-state index contributed by atoms with van der Waals surface area (Å²) in [5.74, 6) is 0. The second kappa shape index (κ2) is 7.58. The smallest absolute Gasteiger partial charge is 0.0971 e. The number of nitrogens with zero attached hydrogens (tertiary/aromatic N) is 1. The second-order valence-electron chi connectivity index (χ2n) is 6.57. The summed E-state index contributed by atoms with van der Waals surface area (Å²) in [7, 11) is 3.55. The molecule has 114 valence electrons. The Labute approximate surface area is 118 Å². The van der Waals surface area contributed by atoms with Gasteiger partial charge in [0, 0.05) is 33.4 Å². The Hall–Kier alpha value is -0.160. The molecule has 1 saturated heterocycles. The molecule has 0 aromatic carbocycles. The molecule has 0 amide bonds. The highest BCUT2D eigenvalue weighted by atomic mass is 16.5. The monoisotopic (exact) mass is 272 g/mol. The van der Waals surface area contributed by atoms with Gasteiger partial charge in [-0.2, -0.15) is 0 Å². The molecule has 0 aliphatic carbocycles. The summed E-state index contributed by atoms with van der Waals surface area (Å²) < 4.78 is 11.0. The molecule has 3 unspecified atom stereocenters. The number of hydrogen-bond donors (Lipinski definition) is 1. The SMILES string of the molecule is CCNC(CCN1CC(OC)C(OC)C1)C(C)(C)C. The average Bonchev–Trinajstić information content (AvgIpc) is 2.75. The highest BCUT2D eigenvalue weighted by Crippen LogP contribution is 2.23. The van der Waals surface area contributed by atoms with Crippen LogP contribution in [0.3, 0.4) is 0 Å². The lowest BCUT2D eigenvalue weighted by Crippen LogP contribution is -2.42. The van der Waals surface area contributed by atoms with E-state index in [1.807, 2.05) is 0 Å². The van der Waals surface area contributed by atoms with Crippen molar-refractivity contribution in [2.75, 3.05) is 40.4 Å². The Kier molecular flexibility index (Phi) is 6.74.